The fraction of sp³-hybridized carbons (Fsp3) is 0.632. The lowest BCUT2D eigenvalue weighted by molar-refractivity contribution is 0.299. The van der Waals surface area contributed by atoms with Crippen molar-refractivity contribution in [1.29, 1.82) is 0 Å². The van der Waals surface area contributed by atoms with Crippen molar-refractivity contribution in [3.05, 3.63) is 36.2 Å². The minimum Gasteiger partial charge on any atom is -0.493 e. The van der Waals surface area contributed by atoms with E-state index in [-0.39, 0.29) is 10.8 Å². The molecule has 0 aromatic heterocycles. The minimum atomic E-state index is 0.100. The van der Waals surface area contributed by atoms with Crippen LogP contribution in [0.15, 0.2) is 18.2 Å². The lowest BCUT2D eigenvalue weighted by atomic mass is 9.80. The number of ether oxygens (including phenoxy) is 1. The molecule has 1 rings (SSSR count). The smallest absolute Gasteiger partial charge is 0.123 e. The maximum atomic E-state index is 6.01. The normalized spacial score (nSPS) is 12.6. The molecule has 0 amide bonds. The third-order valence-electron chi connectivity index (χ3n) is 3.56. The topological polar surface area (TPSA) is 9.23 Å². The summed E-state index contributed by atoms with van der Waals surface area (Å²) in [7, 11) is 0. The molecule has 1 heteroatoms. The second kappa shape index (κ2) is 6.65. The predicted molar refractivity (Wildman–Crippen MR) is 88.5 cm³/mol. The lowest BCUT2D eigenvalue weighted by Crippen LogP contribution is -2.17. The summed E-state index contributed by atoms with van der Waals surface area (Å²) in [5.74, 6) is 1.04. The molecule has 1 aromatic rings. The van der Waals surface area contributed by atoms with Crippen LogP contribution >= 0.6 is 0 Å². The van der Waals surface area contributed by atoms with Crippen LogP contribution in [-0.4, -0.2) is 6.61 Å². The van der Waals surface area contributed by atoms with Gasteiger partial charge >= 0.3 is 0 Å². The highest BCUT2D eigenvalue weighted by Gasteiger charge is 2.22. The molecule has 0 saturated carbocycles. The number of hydrogen-bond acceptors (Lipinski definition) is 1. The van der Waals surface area contributed by atoms with Crippen molar-refractivity contribution in [1.82, 2.24) is 0 Å². The number of hydrogen-bond donors (Lipinski definition) is 0. The van der Waals surface area contributed by atoms with Crippen LogP contribution in [0.4, 0.5) is 0 Å². The van der Waals surface area contributed by atoms with Crippen molar-refractivity contribution in [2.45, 2.75) is 71.6 Å². The molecule has 0 aliphatic carbocycles. The summed E-state index contributed by atoms with van der Waals surface area (Å²) in [6.07, 6.45) is 3.19. The quantitative estimate of drug-likeness (QED) is 0.629. The van der Waals surface area contributed by atoms with E-state index in [1.807, 2.05) is 0 Å². The summed E-state index contributed by atoms with van der Waals surface area (Å²) in [4.78, 5) is 0. The molecular weight excluding hydrogens is 244 g/mol. The molecule has 0 aliphatic rings. The van der Waals surface area contributed by atoms with Gasteiger partial charge in [-0.1, -0.05) is 73.4 Å². The van der Waals surface area contributed by atoms with E-state index in [4.69, 9.17) is 4.74 Å². The molecule has 1 aromatic carbocycles. The average molecular weight is 275 g/mol. The van der Waals surface area contributed by atoms with Crippen molar-refractivity contribution in [3.63, 3.8) is 0 Å². The van der Waals surface area contributed by atoms with Gasteiger partial charge < -0.3 is 4.74 Å². The van der Waals surface area contributed by atoms with Crippen LogP contribution in [0.3, 0.4) is 0 Å². The third kappa shape index (κ3) is 4.85. The van der Waals surface area contributed by atoms with E-state index in [9.17, 15) is 0 Å². The van der Waals surface area contributed by atoms with Gasteiger partial charge in [-0.3, -0.25) is 0 Å². The van der Waals surface area contributed by atoms with E-state index in [0.29, 0.717) is 0 Å². The molecule has 0 N–H and O–H groups in total. The summed E-state index contributed by atoms with van der Waals surface area (Å²) in [6.45, 7) is 18.2. The Labute approximate surface area is 125 Å². The van der Waals surface area contributed by atoms with Gasteiger partial charge in [0.15, 0.2) is 0 Å². The molecule has 0 aliphatic heterocycles. The van der Waals surface area contributed by atoms with Crippen LogP contribution in [-0.2, 0) is 10.8 Å². The highest BCUT2D eigenvalue weighted by Crippen LogP contribution is 2.35. The van der Waals surface area contributed by atoms with E-state index in [0.717, 1.165) is 31.6 Å². The number of rotatable bonds is 5. The molecule has 0 fully saturated rings. The summed E-state index contributed by atoms with van der Waals surface area (Å²) >= 11 is 0. The van der Waals surface area contributed by atoms with Crippen molar-refractivity contribution >= 4 is 0 Å². The van der Waals surface area contributed by atoms with E-state index in [2.05, 4.69) is 66.7 Å². The van der Waals surface area contributed by atoms with Crippen LogP contribution < -0.4 is 4.74 Å². The molecule has 0 unspecified atom stereocenters. The zero-order valence-electron chi connectivity index (χ0n) is 14.2. The Morgan fingerprint density at radius 1 is 0.950 bits per heavy atom. The first-order valence-electron chi connectivity index (χ1n) is 7.73. The molecule has 0 spiro atoms. The van der Waals surface area contributed by atoms with E-state index < -0.39 is 0 Å². The largest absolute Gasteiger partial charge is 0.493 e. The summed E-state index contributed by atoms with van der Waals surface area (Å²) in [5.41, 5.74) is 2.95. The highest BCUT2D eigenvalue weighted by atomic mass is 16.5. The lowest BCUT2D eigenvalue weighted by Gasteiger charge is -2.27. The zero-order valence-corrected chi connectivity index (χ0v) is 14.2. The fourth-order valence-electron chi connectivity index (χ4n) is 2.17. The van der Waals surface area contributed by atoms with E-state index in [1.54, 1.807) is 0 Å². The Morgan fingerprint density at radius 2 is 1.60 bits per heavy atom. The van der Waals surface area contributed by atoms with Gasteiger partial charge in [0.1, 0.15) is 5.75 Å². The molecule has 0 atom stereocenters. The maximum Gasteiger partial charge on any atom is 0.123 e. The fourth-order valence-corrected chi connectivity index (χ4v) is 2.17. The van der Waals surface area contributed by atoms with Crippen LogP contribution in [0, 0.1) is 6.92 Å². The monoisotopic (exact) mass is 275 g/mol. The SMILES string of the molecule is [CH2]CCCCOc1ccc(C(C)(C)C)cc1C(C)(C)C. The van der Waals surface area contributed by atoms with Gasteiger partial charge in [-0.25, -0.2) is 0 Å². The molecule has 1 nitrogen and oxygen atoms in total. The molecule has 20 heavy (non-hydrogen) atoms. The second-order valence-corrected chi connectivity index (χ2v) is 7.62. The van der Waals surface area contributed by atoms with Gasteiger partial charge in [-0.15, -0.1) is 0 Å². The Kier molecular flexibility index (Phi) is 5.68. The third-order valence-corrected chi connectivity index (χ3v) is 3.56. The van der Waals surface area contributed by atoms with Crippen LogP contribution in [0.1, 0.15) is 71.9 Å². The minimum absolute atomic E-state index is 0.100. The molecule has 0 bridgehead atoms. The van der Waals surface area contributed by atoms with Crippen molar-refractivity contribution in [2.24, 2.45) is 0 Å². The Morgan fingerprint density at radius 3 is 2.10 bits per heavy atom. The van der Waals surface area contributed by atoms with Gasteiger partial charge in [-0.05, 0) is 34.4 Å². The number of unbranched alkanes of at least 4 members (excludes halogenated alkanes) is 2. The van der Waals surface area contributed by atoms with Crippen molar-refractivity contribution in [2.75, 3.05) is 6.61 Å². The standard InChI is InChI=1S/C19H31O/c1-8-9-10-13-20-17-12-11-15(18(2,3)4)14-16(17)19(5,6)7/h11-12,14H,1,8-10,13H2,2-7H3. The molecule has 0 saturated heterocycles. The maximum absolute atomic E-state index is 6.01. The van der Waals surface area contributed by atoms with Crippen LogP contribution in [0.5, 0.6) is 5.75 Å². The summed E-state index contributed by atoms with van der Waals surface area (Å²) in [5, 5.41) is 0. The molecule has 1 radical (unpaired) electrons. The Bertz CT molecular complexity index is 418. The molecule has 113 valence electrons. The van der Waals surface area contributed by atoms with Gasteiger partial charge in [0, 0.05) is 0 Å². The number of benzene rings is 1. The Balaban J connectivity index is 2.99. The summed E-state index contributed by atoms with van der Waals surface area (Å²) in [6, 6.07) is 6.66. The Hall–Kier alpha value is -0.980. The average Bonchev–Trinajstić information content (AvgIpc) is 2.32. The predicted octanol–water partition coefficient (Wildman–Crippen LogP) is 5.66. The van der Waals surface area contributed by atoms with Gasteiger partial charge in [0.05, 0.1) is 6.61 Å². The molecular formula is C19H31O. The first-order valence-corrected chi connectivity index (χ1v) is 7.73. The summed E-state index contributed by atoms with van der Waals surface area (Å²) < 4.78 is 6.01. The highest BCUT2D eigenvalue weighted by molar-refractivity contribution is 5.43. The van der Waals surface area contributed by atoms with E-state index >= 15 is 0 Å². The van der Waals surface area contributed by atoms with E-state index in [1.165, 1.54) is 11.1 Å². The first kappa shape index (κ1) is 17.1. The van der Waals surface area contributed by atoms with Gasteiger partial charge in [0.25, 0.3) is 0 Å². The second-order valence-electron chi connectivity index (χ2n) is 7.62. The molecule has 0 heterocycles. The first-order chi connectivity index (χ1) is 9.16. The van der Waals surface area contributed by atoms with Gasteiger partial charge in [-0.2, -0.15) is 0 Å². The van der Waals surface area contributed by atoms with Crippen LogP contribution in [0.25, 0.3) is 0 Å². The zero-order chi connectivity index (χ0) is 15.4. The van der Waals surface area contributed by atoms with Gasteiger partial charge in [0.2, 0.25) is 0 Å². The van der Waals surface area contributed by atoms with Crippen molar-refractivity contribution in [3.8, 4) is 5.75 Å². The van der Waals surface area contributed by atoms with Crippen molar-refractivity contribution < 1.29 is 4.74 Å². The van der Waals surface area contributed by atoms with Crippen LogP contribution in [0.2, 0.25) is 0 Å².